The van der Waals surface area contributed by atoms with E-state index in [-0.39, 0.29) is 17.4 Å². The number of nitrogens with zero attached hydrogens (tertiary/aromatic N) is 1. The molecule has 0 aromatic heterocycles. The van der Waals surface area contributed by atoms with Crippen LogP contribution in [-0.2, 0) is 16.0 Å². The van der Waals surface area contributed by atoms with E-state index >= 15 is 0 Å². The molecule has 2 aromatic rings. The summed E-state index contributed by atoms with van der Waals surface area (Å²) in [5, 5.41) is 11.7. The Hall–Kier alpha value is -2.59. The van der Waals surface area contributed by atoms with Gasteiger partial charge < -0.3 is 10.0 Å². The number of hydrogen-bond acceptors (Lipinski definition) is 3. The Morgan fingerprint density at radius 3 is 2.24 bits per heavy atom. The molecular formula is C24H24ClNO3. The molecule has 1 atom stereocenters. The van der Waals surface area contributed by atoms with E-state index in [1.165, 1.54) is 0 Å². The van der Waals surface area contributed by atoms with E-state index in [9.17, 15) is 14.7 Å². The van der Waals surface area contributed by atoms with Crippen molar-refractivity contribution in [3.05, 3.63) is 75.8 Å². The van der Waals surface area contributed by atoms with Crippen molar-refractivity contribution in [1.82, 2.24) is 4.90 Å². The first kappa shape index (κ1) is 19.7. The Balaban J connectivity index is 1.85. The van der Waals surface area contributed by atoms with E-state index in [0.717, 1.165) is 43.2 Å². The molecule has 1 amide bonds. The van der Waals surface area contributed by atoms with Crippen LogP contribution in [0, 0.1) is 0 Å². The topological polar surface area (TPSA) is 57.6 Å². The lowest BCUT2D eigenvalue weighted by Gasteiger charge is -2.30. The molecule has 1 unspecified atom stereocenters. The van der Waals surface area contributed by atoms with Crippen molar-refractivity contribution >= 4 is 29.1 Å². The molecule has 1 N–H and O–H groups in total. The Morgan fingerprint density at radius 1 is 1.03 bits per heavy atom. The standard InChI is InChI=1S/C24H24ClNO3/c1-2-15-7-9-17(10-8-15)22(27)20-21(16-11-13-18(25)14-12-16)26(24(29)23(20)28)19-5-3-4-6-19/h7-14,19,21,27H,2-6H2,1H3/b22-20-. The Morgan fingerprint density at radius 2 is 1.66 bits per heavy atom. The number of rotatable bonds is 4. The maximum absolute atomic E-state index is 13.0. The molecular weight excluding hydrogens is 386 g/mol. The number of amides is 1. The lowest BCUT2D eigenvalue weighted by atomic mass is 9.94. The van der Waals surface area contributed by atoms with Gasteiger partial charge in [0, 0.05) is 16.6 Å². The zero-order valence-corrected chi connectivity index (χ0v) is 17.2. The average molecular weight is 410 g/mol. The molecule has 1 aliphatic carbocycles. The number of likely N-dealkylation sites (tertiary alicyclic amines) is 1. The van der Waals surface area contributed by atoms with E-state index in [4.69, 9.17) is 11.6 Å². The van der Waals surface area contributed by atoms with Crippen molar-refractivity contribution in [1.29, 1.82) is 0 Å². The fourth-order valence-electron chi connectivity index (χ4n) is 4.44. The van der Waals surface area contributed by atoms with Gasteiger partial charge in [-0.2, -0.15) is 0 Å². The van der Waals surface area contributed by atoms with Gasteiger partial charge in [0.1, 0.15) is 5.76 Å². The minimum atomic E-state index is -0.617. The van der Waals surface area contributed by atoms with Crippen molar-refractivity contribution in [2.75, 3.05) is 0 Å². The molecule has 1 saturated heterocycles. The predicted octanol–water partition coefficient (Wildman–Crippen LogP) is 5.27. The summed E-state index contributed by atoms with van der Waals surface area (Å²) in [6, 6.07) is 14.0. The summed E-state index contributed by atoms with van der Waals surface area (Å²) in [6.45, 7) is 2.06. The number of aliphatic hydroxyl groups is 1. The predicted molar refractivity (Wildman–Crippen MR) is 114 cm³/mol. The van der Waals surface area contributed by atoms with Crippen LogP contribution < -0.4 is 0 Å². The minimum Gasteiger partial charge on any atom is -0.507 e. The van der Waals surface area contributed by atoms with Crippen molar-refractivity contribution in [3.8, 4) is 0 Å². The monoisotopic (exact) mass is 409 g/mol. The third-order valence-electron chi connectivity index (χ3n) is 6.02. The number of carbonyl (C=O) groups excluding carboxylic acids is 2. The van der Waals surface area contributed by atoms with Crippen LogP contribution in [0.2, 0.25) is 5.02 Å². The van der Waals surface area contributed by atoms with Crippen LogP contribution >= 0.6 is 11.6 Å². The number of hydrogen-bond donors (Lipinski definition) is 1. The van der Waals surface area contributed by atoms with Gasteiger partial charge in [0.05, 0.1) is 11.6 Å². The van der Waals surface area contributed by atoms with Gasteiger partial charge in [-0.25, -0.2) is 0 Å². The largest absolute Gasteiger partial charge is 0.507 e. The first-order chi connectivity index (χ1) is 14.0. The minimum absolute atomic E-state index is 0.0138. The molecule has 2 aromatic carbocycles. The van der Waals surface area contributed by atoms with Crippen LogP contribution in [0.3, 0.4) is 0 Å². The molecule has 1 aliphatic heterocycles. The summed E-state index contributed by atoms with van der Waals surface area (Å²) < 4.78 is 0. The number of Topliss-reactive ketones (excluding diaryl/α,β-unsaturated/α-hetero) is 1. The number of carbonyl (C=O) groups is 2. The summed E-state index contributed by atoms with van der Waals surface area (Å²) in [5.74, 6) is -1.26. The van der Waals surface area contributed by atoms with Crippen LogP contribution in [0.5, 0.6) is 0 Å². The normalized spacial score (nSPS) is 21.9. The number of aryl methyl sites for hydroxylation is 1. The highest BCUT2D eigenvalue weighted by molar-refractivity contribution is 6.46. The van der Waals surface area contributed by atoms with Crippen LogP contribution in [0.4, 0.5) is 0 Å². The molecule has 2 aliphatic rings. The SMILES string of the molecule is CCc1ccc(/C(O)=C2/C(=O)C(=O)N(C3CCCC3)C2c2ccc(Cl)cc2)cc1. The lowest BCUT2D eigenvalue weighted by molar-refractivity contribution is -0.141. The summed E-state index contributed by atoms with van der Waals surface area (Å²) in [6.07, 6.45) is 4.72. The van der Waals surface area contributed by atoms with Gasteiger partial charge in [-0.1, -0.05) is 67.8 Å². The van der Waals surface area contributed by atoms with Crippen LogP contribution in [0.1, 0.15) is 55.3 Å². The zero-order chi connectivity index (χ0) is 20.5. The van der Waals surface area contributed by atoms with Gasteiger partial charge in [0.15, 0.2) is 0 Å². The molecule has 150 valence electrons. The molecule has 2 fully saturated rings. The molecule has 1 saturated carbocycles. The van der Waals surface area contributed by atoms with E-state index < -0.39 is 17.7 Å². The number of benzene rings is 2. The smallest absolute Gasteiger partial charge is 0.295 e. The van der Waals surface area contributed by atoms with E-state index in [1.54, 1.807) is 29.2 Å². The highest BCUT2D eigenvalue weighted by Crippen LogP contribution is 2.43. The molecule has 29 heavy (non-hydrogen) atoms. The highest BCUT2D eigenvalue weighted by Gasteiger charge is 2.49. The van der Waals surface area contributed by atoms with Crippen LogP contribution in [-0.4, -0.2) is 27.7 Å². The molecule has 5 heteroatoms. The summed E-state index contributed by atoms with van der Waals surface area (Å²) in [5.41, 5.74) is 2.63. The van der Waals surface area contributed by atoms with Crippen molar-refractivity contribution in [3.63, 3.8) is 0 Å². The second kappa shape index (κ2) is 8.03. The van der Waals surface area contributed by atoms with Crippen molar-refractivity contribution < 1.29 is 14.7 Å². The first-order valence-corrected chi connectivity index (χ1v) is 10.5. The molecule has 0 spiro atoms. The van der Waals surface area contributed by atoms with E-state index in [2.05, 4.69) is 6.92 Å². The number of ketones is 1. The van der Waals surface area contributed by atoms with Gasteiger partial charge in [-0.3, -0.25) is 9.59 Å². The van der Waals surface area contributed by atoms with E-state index in [0.29, 0.717) is 10.6 Å². The Kier molecular flexibility index (Phi) is 5.46. The average Bonchev–Trinajstić information content (AvgIpc) is 3.35. The van der Waals surface area contributed by atoms with Crippen molar-refractivity contribution in [2.24, 2.45) is 0 Å². The van der Waals surface area contributed by atoms with Crippen LogP contribution in [0.25, 0.3) is 5.76 Å². The molecule has 4 rings (SSSR count). The molecule has 1 heterocycles. The maximum atomic E-state index is 13.0. The maximum Gasteiger partial charge on any atom is 0.295 e. The lowest BCUT2D eigenvalue weighted by Crippen LogP contribution is -2.37. The number of aliphatic hydroxyl groups excluding tert-OH is 1. The van der Waals surface area contributed by atoms with Gasteiger partial charge in [0.2, 0.25) is 0 Å². The summed E-state index contributed by atoms with van der Waals surface area (Å²) in [4.78, 5) is 27.7. The first-order valence-electron chi connectivity index (χ1n) is 10.2. The van der Waals surface area contributed by atoms with Gasteiger partial charge in [-0.05, 0) is 42.5 Å². The third kappa shape index (κ3) is 3.58. The summed E-state index contributed by atoms with van der Waals surface area (Å²) in [7, 11) is 0. The molecule has 0 radical (unpaired) electrons. The van der Waals surface area contributed by atoms with Crippen molar-refractivity contribution in [2.45, 2.75) is 51.1 Å². The fraction of sp³-hybridized carbons (Fsp3) is 0.333. The van der Waals surface area contributed by atoms with Gasteiger partial charge in [0.25, 0.3) is 11.7 Å². The quantitative estimate of drug-likeness (QED) is 0.425. The summed E-state index contributed by atoms with van der Waals surface area (Å²) >= 11 is 6.05. The third-order valence-corrected chi connectivity index (χ3v) is 6.27. The second-order valence-electron chi connectivity index (χ2n) is 7.75. The van der Waals surface area contributed by atoms with Crippen LogP contribution in [0.15, 0.2) is 54.1 Å². The zero-order valence-electron chi connectivity index (χ0n) is 16.4. The molecule has 0 bridgehead atoms. The molecule has 4 nitrogen and oxygen atoms in total. The van der Waals surface area contributed by atoms with E-state index in [1.807, 2.05) is 24.3 Å². The Labute approximate surface area is 175 Å². The van der Waals surface area contributed by atoms with Gasteiger partial charge in [-0.15, -0.1) is 0 Å². The van der Waals surface area contributed by atoms with Gasteiger partial charge >= 0.3 is 0 Å². The highest BCUT2D eigenvalue weighted by atomic mass is 35.5. The number of halogens is 1. The fourth-order valence-corrected chi connectivity index (χ4v) is 4.56. The Bertz CT molecular complexity index is 957. The second-order valence-corrected chi connectivity index (χ2v) is 8.18.